The number of rotatable bonds is 6. The first-order chi connectivity index (χ1) is 13.6. The first kappa shape index (κ1) is 20.2. The van der Waals surface area contributed by atoms with Crippen LogP contribution in [0, 0.1) is 0 Å². The molecule has 146 valence electrons. The second kappa shape index (κ2) is 9.15. The Kier molecular flexibility index (Phi) is 6.60. The minimum Gasteiger partial charge on any atom is -0.377 e. The molecule has 0 spiro atoms. The van der Waals surface area contributed by atoms with Gasteiger partial charge in [0.2, 0.25) is 0 Å². The predicted molar refractivity (Wildman–Crippen MR) is 120 cm³/mol. The first-order valence-corrected chi connectivity index (χ1v) is 12.1. The Bertz CT molecular complexity index is 983. The van der Waals surface area contributed by atoms with Gasteiger partial charge < -0.3 is 4.74 Å². The van der Waals surface area contributed by atoms with Crippen LogP contribution in [-0.4, -0.2) is 29.4 Å². The van der Waals surface area contributed by atoms with Crippen LogP contribution in [0.5, 0.6) is 0 Å². The molecule has 3 heterocycles. The van der Waals surface area contributed by atoms with Gasteiger partial charge in [-0.05, 0) is 31.0 Å². The fourth-order valence-corrected chi connectivity index (χ4v) is 6.18. The number of nitrogens with one attached hydrogen (secondary N) is 1. The molecule has 4 nitrogen and oxygen atoms in total. The number of carbonyl (C=O) groups is 1. The second-order valence-corrected chi connectivity index (χ2v) is 10.4. The summed E-state index contributed by atoms with van der Waals surface area (Å²) in [6.07, 6.45) is 2.46. The maximum atomic E-state index is 12.8. The van der Waals surface area contributed by atoms with E-state index in [1.165, 1.54) is 22.7 Å². The highest BCUT2D eigenvalue weighted by Crippen LogP contribution is 2.39. The van der Waals surface area contributed by atoms with Crippen LogP contribution in [0.15, 0.2) is 40.6 Å². The Labute approximate surface area is 185 Å². The number of thiazole rings is 1. The average molecular weight is 471 g/mol. The summed E-state index contributed by atoms with van der Waals surface area (Å²) in [6, 6.07) is 9.39. The standard InChI is InChI=1S/C19H16Cl2N2O2S3/c20-16-8-13(17(21)28-16)14-10-27-19(22-14)23-18(24)12-5-1-2-6-15(12)26-9-11-4-3-7-25-11/h1-2,5-6,8,10-11H,3-4,7,9H2,(H,22,23,24). The summed E-state index contributed by atoms with van der Waals surface area (Å²) in [6.45, 7) is 0.832. The van der Waals surface area contributed by atoms with Crippen molar-refractivity contribution in [3.8, 4) is 11.3 Å². The lowest BCUT2D eigenvalue weighted by molar-refractivity contribution is 0.102. The second-order valence-electron chi connectivity index (χ2n) is 6.17. The molecule has 0 radical (unpaired) electrons. The number of halogens is 2. The van der Waals surface area contributed by atoms with E-state index >= 15 is 0 Å². The van der Waals surface area contributed by atoms with Gasteiger partial charge in [-0.25, -0.2) is 4.98 Å². The van der Waals surface area contributed by atoms with Gasteiger partial charge in [-0.3, -0.25) is 10.1 Å². The normalized spacial score (nSPS) is 16.4. The minimum absolute atomic E-state index is 0.175. The summed E-state index contributed by atoms with van der Waals surface area (Å²) in [5.74, 6) is 0.675. The zero-order valence-electron chi connectivity index (χ0n) is 14.6. The molecule has 2 aromatic heterocycles. The number of carbonyl (C=O) groups excluding carboxylic acids is 1. The van der Waals surface area contributed by atoms with Crippen molar-refractivity contribution in [1.82, 2.24) is 4.98 Å². The maximum absolute atomic E-state index is 12.8. The maximum Gasteiger partial charge on any atom is 0.258 e. The van der Waals surface area contributed by atoms with E-state index in [0.29, 0.717) is 25.1 Å². The Balaban J connectivity index is 1.46. The van der Waals surface area contributed by atoms with Gasteiger partial charge in [0, 0.05) is 28.2 Å². The van der Waals surface area contributed by atoms with E-state index in [-0.39, 0.29) is 12.0 Å². The molecule has 4 rings (SSSR count). The van der Waals surface area contributed by atoms with E-state index in [9.17, 15) is 4.79 Å². The highest BCUT2D eigenvalue weighted by Gasteiger charge is 2.19. The fraction of sp³-hybridized carbons (Fsp3) is 0.263. The number of benzene rings is 1. The van der Waals surface area contributed by atoms with E-state index in [0.717, 1.165) is 35.7 Å². The average Bonchev–Trinajstić information content (AvgIpc) is 3.42. The van der Waals surface area contributed by atoms with Crippen molar-refractivity contribution in [2.45, 2.75) is 23.8 Å². The van der Waals surface area contributed by atoms with E-state index in [2.05, 4.69) is 10.3 Å². The summed E-state index contributed by atoms with van der Waals surface area (Å²) < 4.78 is 6.87. The number of hydrogen-bond acceptors (Lipinski definition) is 6. The van der Waals surface area contributed by atoms with Gasteiger partial charge in [-0.2, -0.15) is 0 Å². The Hall–Kier alpha value is -1.09. The Morgan fingerprint density at radius 3 is 2.96 bits per heavy atom. The lowest BCUT2D eigenvalue weighted by Gasteiger charge is -2.11. The van der Waals surface area contributed by atoms with E-state index in [1.54, 1.807) is 17.8 Å². The van der Waals surface area contributed by atoms with Crippen molar-refractivity contribution in [2.75, 3.05) is 17.7 Å². The van der Waals surface area contributed by atoms with Crippen molar-refractivity contribution in [2.24, 2.45) is 0 Å². The molecule has 0 bridgehead atoms. The summed E-state index contributed by atoms with van der Waals surface area (Å²) >= 11 is 16.5. The number of nitrogens with zero attached hydrogens (tertiary/aromatic N) is 1. The highest BCUT2D eigenvalue weighted by atomic mass is 35.5. The number of ether oxygens (including phenoxy) is 1. The van der Waals surface area contributed by atoms with E-state index in [4.69, 9.17) is 27.9 Å². The van der Waals surface area contributed by atoms with Crippen LogP contribution in [0.25, 0.3) is 11.3 Å². The fourth-order valence-electron chi connectivity index (χ4n) is 2.87. The van der Waals surface area contributed by atoms with Crippen molar-refractivity contribution in [3.63, 3.8) is 0 Å². The van der Waals surface area contributed by atoms with E-state index in [1.807, 2.05) is 29.6 Å². The molecule has 1 amide bonds. The number of thiophene rings is 1. The van der Waals surface area contributed by atoms with Crippen molar-refractivity contribution in [3.05, 3.63) is 49.9 Å². The molecule has 0 saturated carbocycles. The summed E-state index contributed by atoms with van der Waals surface area (Å²) in [7, 11) is 0. The molecule has 1 aromatic carbocycles. The molecule has 1 aliphatic heterocycles. The van der Waals surface area contributed by atoms with Gasteiger partial charge in [-0.15, -0.1) is 34.4 Å². The molecule has 0 aliphatic carbocycles. The lowest BCUT2D eigenvalue weighted by atomic mass is 10.2. The predicted octanol–water partition coefficient (Wildman–Crippen LogP) is 6.70. The number of aromatic nitrogens is 1. The van der Waals surface area contributed by atoms with Crippen LogP contribution in [0.1, 0.15) is 23.2 Å². The lowest BCUT2D eigenvalue weighted by Crippen LogP contribution is -2.14. The van der Waals surface area contributed by atoms with Crippen molar-refractivity contribution >= 4 is 68.7 Å². The van der Waals surface area contributed by atoms with Crippen LogP contribution in [0.3, 0.4) is 0 Å². The van der Waals surface area contributed by atoms with Crippen molar-refractivity contribution in [1.29, 1.82) is 0 Å². The quantitative estimate of drug-likeness (QED) is 0.407. The van der Waals surface area contributed by atoms with E-state index < -0.39 is 0 Å². The molecule has 1 fully saturated rings. The number of thioether (sulfide) groups is 1. The number of anilines is 1. The van der Waals surface area contributed by atoms with Gasteiger partial charge in [0.25, 0.3) is 5.91 Å². The third-order valence-corrected chi connectivity index (χ3v) is 7.69. The summed E-state index contributed by atoms with van der Waals surface area (Å²) in [5.41, 5.74) is 2.12. The summed E-state index contributed by atoms with van der Waals surface area (Å²) in [5, 5.41) is 5.28. The topological polar surface area (TPSA) is 51.2 Å². The number of hydrogen-bond donors (Lipinski definition) is 1. The van der Waals surface area contributed by atoms with Crippen LogP contribution in [0.2, 0.25) is 8.67 Å². The molecule has 1 unspecified atom stereocenters. The van der Waals surface area contributed by atoms with Crippen LogP contribution < -0.4 is 5.32 Å². The SMILES string of the molecule is O=C(Nc1nc(-c2cc(Cl)sc2Cl)cs1)c1ccccc1SCC1CCCO1. The van der Waals surface area contributed by atoms with Crippen molar-refractivity contribution < 1.29 is 9.53 Å². The van der Waals surface area contributed by atoms with Gasteiger partial charge >= 0.3 is 0 Å². The Morgan fingerprint density at radius 1 is 1.36 bits per heavy atom. The monoisotopic (exact) mass is 470 g/mol. The van der Waals surface area contributed by atoms with Gasteiger partial charge in [0.1, 0.15) is 4.34 Å². The number of amides is 1. The highest BCUT2D eigenvalue weighted by molar-refractivity contribution is 7.99. The molecule has 28 heavy (non-hydrogen) atoms. The third kappa shape index (κ3) is 4.72. The third-order valence-electron chi connectivity index (χ3n) is 4.24. The van der Waals surface area contributed by atoms with Crippen LogP contribution in [0.4, 0.5) is 5.13 Å². The Morgan fingerprint density at radius 2 is 2.21 bits per heavy atom. The molecule has 1 atom stereocenters. The molecular formula is C19H16Cl2N2O2S3. The van der Waals surface area contributed by atoms with Crippen LogP contribution >= 0.6 is 57.6 Å². The zero-order chi connectivity index (χ0) is 19.5. The molecule has 1 saturated heterocycles. The smallest absolute Gasteiger partial charge is 0.258 e. The molecular weight excluding hydrogens is 455 g/mol. The van der Waals surface area contributed by atoms with Gasteiger partial charge in [-0.1, -0.05) is 35.3 Å². The largest absolute Gasteiger partial charge is 0.377 e. The van der Waals surface area contributed by atoms with Gasteiger partial charge in [0.05, 0.1) is 21.7 Å². The molecule has 9 heteroatoms. The molecule has 1 N–H and O–H groups in total. The summed E-state index contributed by atoms with van der Waals surface area (Å²) in [4.78, 5) is 18.2. The first-order valence-electron chi connectivity index (χ1n) is 8.65. The molecule has 3 aromatic rings. The minimum atomic E-state index is -0.175. The zero-order valence-corrected chi connectivity index (χ0v) is 18.6. The van der Waals surface area contributed by atoms with Crippen LogP contribution in [-0.2, 0) is 4.74 Å². The molecule has 1 aliphatic rings. The van der Waals surface area contributed by atoms with Gasteiger partial charge in [0.15, 0.2) is 5.13 Å².